The molecule has 1 unspecified atom stereocenters. The summed E-state index contributed by atoms with van der Waals surface area (Å²) in [6.07, 6.45) is 3.43. The van der Waals surface area contributed by atoms with Crippen molar-refractivity contribution in [3.05, 3.63) is 40.8 Å². The molecule has 2 aromatic heterocycles. The second-order valence-corrected chi connectivity index (χ2v) is 9.68. The summed E-state index contributed by atoms with van der Waals surface area (Å²) in [5, 5.41) is 11.4. The Morgan fingerprint density at radius 2 is 2.23 bits per heavy atom. The SMILES string of the molecule is CC1CCc2sc(-c3nnc(SCC(=O)N4CC(=O)Nc5ccccc54)o3)cc2C1. The quantitative estimate of drug-likeness (QED) is 0.617. The number of carbonyl (C=O) groups excluding carboxylic acids is 2. The zero-order chi connectivity index (χ0) is 20.7. The number of anilines is 2. The van der Waals surface area contributed by atoms with Gasteiger partial charge in [-0.1, -0.05) is 30.8 Å². The van der Waals surface area contributed by atoms with Gasteiger partial charge in [-0.3, -0.25) is 9.59 Å². The smallest absolute Gasteiger partial charge is 0.277 e. The van der Waals surface area contributed by atoms with Crippen molar-refractivity contribution in [3.8, 4) is 10.8 Å². The molecule has 30 heavy (non-hydrogen) atoms. The molecular formula is C21H20N4O3S2. The number of amides is 2. The van der Waals surface area contributed by atoms with Gasteiger partial charge in [0.2, 0.25) is 11.8 Å². The first-order chi connectivity index (χ1) is 14.6. The lowest BCUT2D eigenvalue weighted by molar-refractivity contribution is -0.120. The number of nitrogens with one attached hydrogen (secondary N) is 1. The number of aryl methyl sites for hydroxylation is 1. The van der Waals surface area contributed by atoms with Crippen LogP contribution >= 0.6 is 23.1 Å². The summed E-state index contributed by atoms with van der Waals surface area (Å²) >= 11 is 2.91. The average molecular weight is 441 g/mol. The van der Waals surface area contributed by atoms with E-state index in [2.05, 4.69) is 28.5 Å². The highest BCUT2D eigenvalue weighted by Gasteiger charge is 2.27. The Morgan fingerprint density at radius 3 is 3.13 bits per heavy atom. The van der Waals surface area contributed by atoms with Crippen LogP contribution in [-0.4, -0.2) is 34.3 Å². The highest BCUT2D eigenvalue weighted by molar-refractivity contribution is 7.99. The molecule has 9 heteroatoms. The number of hydrogen-bond acceptors (Lipinski definition) is 7. The van der Waals surface area contributed by atoms with Gasteiger partial charge in [0.15, 0.2) is 0 Å². The van der Waals surface area contributed by atoms with Crippen molar-refractivity contribution in [2.24, 2.45) is 5.92 Å². The molecule has 2 amide bonds. The number of aromatic nitrogens is 2. The monoisotopic (exact) mass is 440 g/mol. The number of fused-ring (bicyclic) bond motifs is 2. The van der Waals surface area contributed by atoms with Crippen molar-refractivity contribution in [1.29, 1.82) is 0 Å². The van der Waals surface area contributed by atoms with Crippen molar-refractivity contribution in [2.45, 2.75) is 31.4 Å². The molecule has 154 valence electrons. The summed E-state index contributed by atoms with van der Waals surface area (Å²) < 4.78 is 5.80. The van der Waals surface area contributed by atoms with Gasteiger partial charge in [0.05, 0.1) is 22.0 Å². The van der Waals surface area contributed by atoms with E-state index in [-0.39, 0.29) is 24.1 Å². The fourth-order valence-electron chi connectivity index (χ4n) is 3.84. The van der Waals surface area contributed by atoms with Gasteiger partial charge < -0.3 is 14.6 Å². The number of carbonyl (C=O) groups is 2. The molecule has 1 aliphatic carbocycles. The summed E-state index contributed by atoms with van der Waals surface area (Å²) in [7, 11) is 0. The average Bonchev–Trinajstić information content (AvgIpc) is 3.37. The van der Waals surface area contributed by atoms with E-state index in [1.54, 1.807) is 17.4 Å². The number of benzene rings is 1. The predicted molar refractivity (Wildman–Crippen MR) is 117 cm³/mol. The van der Waals surface area contributed by atoms with Crippen LogP contribution in [0.25, 0.3) is 10.8 Å². The fraction of sp³-hybridized carbons (Fsp3) is 0.333. The van der Waals surface area contributed by atoms with Gasteiger partial charge in [0.25, 0.3) is 11.1 Å². The van der Waals surface area contributed by atoms with Crippen LogP contribution < -0.4 is 10.2 Å². The van der Waals surface area contributed by atoms with E-state index in [1.165, 1.54) is 33.5 Å². The molecule has 3 heterocycles. The first-order valence-electron chi connectivity index (χ1n) is 9.84. The second-order valence-electron chi connectivity index (χ2n) is 7.61. The van der Waals surface area contributed by atoms with E-state index in [4.69, 9.17) is 4.42 Å². The number of rotatable bonds is 4. The topological polar surface area (TPSA) is 88.3 Å². The maximum Gasteiger partial charge on any atom is 0.277 e. The van der Waals surface area contributed by atoms with Crippen LogP contribution in [0.15, 0.2) is 40.0 Å². The molecule has 1 N–H and O–H groups in total. The molecule has 1 atom stereocenters. The zero-order valence-corrected chi connectivity index (χ0v) is 18.0. The summed E-state index contributed by atoms with van der Waals surface area (Å²) in [5.41, 5.74) is 2.73. The largest absolute Gasteiger partial charge is 0.410 e. The van der Waals surface area contributed by atoms with Crippen molar-refractivity contribution in [3.63, 3.8) is 0 Å². The van der Waals surface area contributed by atoms with Gasteiger partial charge in [-0.15, -0.1) is 21.5 Å². The van der Waals surface area contributed by atoms with Crippen LogP contribution in [-0.2, 0) is 22.4 Å². The van der Waals surface area contributed by atoms with Crippen LogP contribution in [0.3, 0.4) is 0 Å². The Labute approximate surface area is 181 Å². The maximum atomic E-state index is 12.8. The molecular weight excluding hydrogens is 420 g/mol. The lowest BCUT2D eigenvalue weighted by Crippen LogP contribution is -2.43. The van der Waals surface area contributed by atoms with Gasteiger partial charge in [0.1, 0.15) is 6.54 Å². The third-order valence-electron chi connectivity index (χ3n) is 5.34. The molecule has 0 saturated heterocycles. The van der Waals surface area contributed by atoms with E-state index in [0.29, 0.717) is 28.4 Å². The van der Waals surface area contributed by atoms with Crippen molar-refractivity contribution >= 4 is 46.3 Å². The van der Waals surface area contributed by atoms with Crippen LogP contribution in [0, 0.1) is 5.92 Å². The first kappa shape index (κ1) is 19.3. The minimum Gasteiger partial charge on any atom is -0.410 e. The van der Waals surface area contributed by atoms with E-state index >= 15 is 0 Å². The van der Waals surface area contributed by atoms with Gasteiger partial charge in [-0.05, 0) is 48.9 Å². The van der Waals surface area contributed by atoms with E-state index in [1.807, 2.05) is 18.2 Å². The maximum absolute atomic E-state index is 12.8. The summed E-state index contributed by atoms with van der Waals surface area (Å²) in [6, 6.07) is 9.43. The zero-order valence-electron chi connectivity index (χ0n) is 16.4. The number of para-hydroxylation sites is 2. The van der Waals surface area contributed by atoms with Crippen molar-refractivity contribution in [2.75, 3.05) is 22.5 Å². The van der Waals surface area contributed by atoms with E-state index < -0.39 is 0 Å². The standard InChI is InChI=1S/C21H20N4O3S2/c1-12-6-7-16-13(8-12)9-17(30-16)20-23-24-21(28-20)29-11-19(27)25-10-18(26)22-14-4-2-3-5-15(14)25/h2-5,9,12H,6-8,10-11H2,1H3,(H,22,26). The van der Waals surface area contributed by atoms with Gasteiger partial charge in [-0.25, -0.2) is 0 Å². The third kappa shape index (κ3) is 3.75. The Bertz CT molecular complexity index is 1120. The van der Waals surface area contributed by atoms with Crippen LogP contribution in [0.2, 0.25) is 0 Å². The van der Waals surface area contributed by atoms with Crippen molar-refractivity contribution < 1.29 is 14.0 Å². The Kier molecular flexibility index (Phi) is 5.08. The summed E-state index contributed by atoms with van der Waals surface area (Å²) in [4.78, 5) is 28.6. The molecule has 5 rings (SSSR count). The highest BCUT2D eigenvalue weighted by Crippen LogP contribution is 2.37. The van der Waals surface area contributed by atoms with E-state index in [0.717, 1.165) is 17.7 Å². The number of nitrogens with zero attached hydrogens (tertiary/aromatic N) is 3. The van der Waals surface area contributed by atoms with Crippen molar-refractivity contribution in [1.82, 2.24) is 10.2 Å². The van der Waals surface area contributed by atoms with E-state index in [9.17, 15) is 9.59 Å². The van der Waals surface area contributed by atoms with Gasteiger partial charge in [-0.2, -0.15) is 0 Å². The first-order valence-corrected chi connectivity index (χ1v) is 11.6. The summed E-state index contributed by atoms with van der Waals surface area (Å²) in [5.74, 6) is 0.939. The molecule has 3 aromatic rings. The minimum absolute atomic E-state index is 0.00462. The Hall–Kier alpha value is -2.65. The fourth-order valence-corrected chi connectivity index (χ4v) is 5.60. The predicted octanol–water partition coefficient (Wildman–Crippen LogP) is 4.00. The summed E-state index contributed by atoms with van der Waals surface area (Å²) in [6.45, 7) is 2.29. The lowest BCUT2D eigenvalue weighted by Gasteiger charge is -2.28. The van der Waals surface area contributed by atoms with Gasteiger partial charge >= 0.3 is 0 Å². The number of hydrogen-bond donors (Lipinski definition) is 1. The number of thiophene rings is 1. The molecule has 0 spiro atoms. The Balaban J connectivity index is 1.27. The molecule has 1 aliphatic heterocycles. The molecule has 2 aliphatic rings. The molecule has 7 nitrogen and oxygen atoms in total. The molecule has 1 aromatic carbocycles. The Morgan fingerprint density at radius 1 is 1.37 bits per heavy atom. The van der Waals surface area contributed by atoms with Gasteiger partial charge in [0, 0.05) is 4.88 Å². The molecule has 0 saturated carbocycles. The second kappa shape index (κ2) is 7.88. The minimum atomic E-state index is -0.205. The van der Waals surface area contributed by atoms with Crippen LogP contribution in [0.4, 0.5) is 11.4 Å². The lowest BCUT2D eigenvalue weighted by atomic mass is 9.90. The number of thioether (sulfide) groups is 1. The van der Waals surface area contributed by atoms with Crippen LogP contribution in [0.5, 0.6) is 0 Å². The third-order valence-corrected chi connectivity index (χ3v) is 7.37. The molecule has 0 radical (unpaired) electrons. The highest BCUT2D eigenvalue weighted by atomic mass is 32.2. The molecule has 0 bridgehead atoms. The molecule has 0 fully saturated rings. The normalized spacial score (nSPS) is 18.0. The van der Waals surface area contributed by atoms with Crippen LogP contribution in [0.1, 0.15) is 23.8 Å².